The summed E-state index contributed by atoms with van der Waals surface area (Å²) in [7, 11) is 1.58. The van der Waals surface area contributed by atoms with Gasteiger partial charge in [-0.1, -0.05) is 42.1 Å². The molecule has 0 spiro atoms. The van der Waals surface area contributed by atoms with Gasteiger partial charge in [0.1, 0.15) is 11.8 Å². The molecule has 0 aromatic heterocycles. The van der Waals surface area contributed by atoms with Gasteiger partial charge in [0.25, 0.3) is 0 Å². The van der Waals surface area contributed by atoms with Crippen LogP contribution in [0.15, 0.2) is 52.7 Å². The van der Waals surface area contributed by atoms with Crippen LogP contribution in [0.5, 0.6) is 5.75 Å². The molecule has 132 valence electrons. The first-order valence-electron chi connectivity index (χ1n) is 8.12. The van der Waals surface area contributed by atoms with Crippen molar-refractivity contribution in [2.24, 2.45) is 10.7 Å². The number of amidine groups is 1. The maximum atomic E-state index is 12.6. The number of carbonyl (C=O) groups is 2. The standard InChI is InChI=1S/C19H17N3O3S/c1-10-15(18(20)24)17(22-14(23)9-26-19(22)21-10)16-12-6-4-3-5-11(12)7-8-13(16)25-2/h3-8,17H,9H2,1-2H3,(H2,20,24)/t17-/m0/s1. The van der Waals surface area contributed by atoms with Crippen molar-refractivity contribution in [2.45, 2.75) is 13.0 Å². The molecule has 2 aliphatic heterocycles. The van der Waals surface area contributed by atoms with Crippen LogP contribution in [-0.2, 0) is 9.59 Å². The molecule has 0 saturated carbocycles. The van der Waals surface area contributed by atoms with Gasteiger partial charge in [-0.2, -0.15) is 0 Å². The number of fused-ring (bicyclic) bond motifs is 2. The third-order valence-electron chi connectivity index (χ3n) is 4.67. The molecule has 6 nitrogen and oxygen atoms in total. The Kier molecular flexibility index (Phi) is 3.96. The number of hydrogen-bond donors (Lipinski definition) is 1. The molecule has 2 aromatic rings. The Labute approximate surface area is 154 Å². The predicted octanol–water partition coefficient (Wildman–Crippen LogP) is 2.59. The van der Waals surface area contributed by atoms with E-state index in [0.29, 0.717) is 27.9 Å². The average molecular weight is 367 g/mol. The number of nitrogens with two attached hydrogens (primary N) is 1. The van der Waals surface area contributed by atoms with Crippen molar-refractivity contribution in [1.82, 2.24) is 4.90 Å². The van der Waals surface area contributed by atoms with E-state index in [1.807, 2.05) is 36.4 Å². The number of allylic oxidation sites excluding steroid dienone is 1. The zero-order valence-electron chi connectivity index (χ0n) is 14.4. The van der Waals surface area contributed by atoms with Crippen LogP contribution < -0.4 is 10.5 Å². The van der Waals surface area contributed by atoms with Gasteiger partial charge in [0.2, 0.25) is 11.8 Å². The van der Waals surface area contributed by atoms with E-state index in [0.717, 1.165) is 16.3 Å². The molecule has 2 aromatic carbocycles. The predicted molar refractivity (Wildman–Crippen MR) is 102 cm³/mol. The number of nitrogens with zero attached hydrogens (tertiary/aromatic N) is 2. The molecule has 1 atom stereocenters. The second-order valence-electron chi connectivity index (χ2n) is 6.12. The van der Waals surface area contributed by atoms with Crippen molar-refractivity contribution in [2.75, 3.05) is 12.9 Å². The summed E-state index contributed by atoms with van der Waals surface area (Å²) in [6, 6.07) is 11.0. The van der Waals surface area contributed by atoms with Crippen LogP contribution in [0.25, 0.3) is 10.8 Å². The van der Waals surface area contributed by atoms with E-state index >= 15 is 0 Å². The second-order valence-corrected chi connectivity index (χ2v) is 7.06. The molecule has 0 unspecified atom stereocenters. The third-order valence-corrected chi connectivity index (χ3v) is 5.61. The molecule has 0 aliphatic carbocycles. The van der Waals surface area contributed by atoms with Crippen molar-refractivity contribution >= 4 is 39.5 Å². The minimum Gasteiger partial charge on any atom is -0.496 e. The molecular weight excluding hydrogens is 350 g/mol. The number of methoxy groups -OCH3 is 1. The first-order chi connectivity index (χ1) is 12.5. The highest BCUT2D eigenvalue weighted by Gasteiger charge is 2.43. The van der Waals surface area contributed by atoms with Crippen molar-refractivity contribution in [3.8, 4) is 5.75 Å². The number of aliphatic imine (C=N–C) groups is 1. The summed E-state index contributed by atoms with van der Waals surface area (Å²) < 4.78 is 5.59. The van der Waals surface area contributed by atoms with Gasteiger partial charge < -0.3 is 10.5 Å². The lowest BCUT2D eigenvalue weighted by Gasteiger charge is -2.34. The summed E-state index contributed by atoms with van der Waals surface area (Å²) in [6.45, 7) is 1.75. The summed E-state index contributed by atoms with van der Waals surface area (Å²) in [5, 5.41) is 2.50. The molecule has 1 fully saturated rings. The van der Waals surface area contributed by atoms with Crippen LogP contribution in [0.3, 0.4) is 0 Å². The Bertz CT molecular complexity index is 1010. The Morgan fingerprint density at radius 1 is 1.31 bits per heavy atom. The van der Waals surface area contributed by atoms with Crippen molar-refractivity contribution in [3.63, 3.8) is 0 Å². The van der Waals surface area contributed by atoms with E-state index in [1.165, 1.54) is 11.8 Å². The van der Waals surface area contributed by atoms with E-state index < -0.39 is 11.9 Å². The molecule has 2 N–H and O–H groups in total. The average Bonchev–Trinajstić information content (AvgIpc) is 2.99. The fourth-order valence-corrected chi connectivity index (χ4v) is 4.50. The monoisotopic (exact) mass is 367 g/mol. The van der Waals surface area contributed by atoms with Crippen LogP contribution in [0.1, 0.15) is 18.5 Å². The van der Waals surface area contributed by atoms with Gasteiger partial charge in [-0.25, -0.2) is 4.99 Å². The van der Waals surface area contributed by atoms with Gasteiger partial charge in [-0.15, -0.1) is 0 Å². The molecule has 0 radical (unpaired) electrons. The normalized spacial score (nSPS) is 19.6. The lowest BCUT2D eigenvalue weighted by Crippen LogP contribution is -2.40. The summed E-state index contributed by atoms with van der Waals surface area (Å²) >= 11 is 1.37. The van der Waals surface area contributed by atoms with E-state index in [1.54, 1.807) is 18.9 Å². The highest BCUT2D eigenvalue weighted by molar-refractivity contribution is 8.15. The van der Waals surface area contributed by atoms with E-state index in [2.05, 4.69) is 4.99 Å². The fraction of sp³-hybridized carbons (Fsp3) is 0.211. The molecule has 2 heterocycles. The second kappa shape index (κ2) is 6.17. The number of benzene rings is 2. The Hall–Kier alpha value is -2.80. The van der Waals surface area contributed by atoms with Gasteiger partial charge in [0.05, 0.1) is 24.1 Å². The Balaban J connectivity index is 2.07. The minimum absolute atomic E-state index is 0.0972. The number of hydrogen-bond acceptors (Lipinski definition) is 5. The molecular formula is C19H17N3O3S. The first-order valence-corrected chi connectivity index (χ1v) is 9.11. The molecule has 1 saturated heterocycles. The maximum Gasteiger partial charge on any atom is 0.248 e. The van der Waals surface area contributed by atoms with Crippen LogP contribution in [0.2, 0.25) is 0 Å². The van der Waals surface area contributed by atoms with Crippen molar-refractivity contribution in [3.05, 3.63) is 53.2 Å². The van der Waals surface area contributed by atoms with Gasteiger partial charge in [-0.05, 0) is 23.8 Å². The van der Waals surface area contributed by atoms with Crippen molar-refractivity contribution in [1.29, 1.82) is 0 Å². The summed E-state index contributed by atoms with van der Waals surface area (Å²) in [4.78, 5) is 30.9. The van der Waals surface area contributed by atoms with E-state index in [9.17, 15) is 9.59 Å². The fourth-order valence-electron chi connectivity index (χ4n) is 3.57. The van der Waals surface area contributed by atoms with E-state index in [-0.39, 0.29) is 5.91 Å². The zero-order valence-corrected chi connectivity index (χ0v) is 15.2. The number of amides is 2. The van der Waals surface area contributed by atoms with E-state index in [4.69, 9.17) is 10.5 Å². The number of rotatable bonds is 3. The quantitative estimate of drug-likeness (QED) is 0.904. The number of thioether (sulfide) groups is 1. The number of primary amides is 1. The number of carbonyl (C=O) groups excluding carboxylic acids is 2. The van der Waals surface area contributed by atoms with Gasteiger partial charge in [0.15, 0.2) is 5.17 Å². The van der Waals surface area contributed by atoms with Gasteiger partial charge in [-0.3, -0.25) is 14.5 Å². The molecule has 7 heteroatoms. The SMILES string of the molecule is COc1ccc2ccccc2c1[C@@H]1C(C(N)=O)=C(C)N=C2SCC(=O)N21. The lowest BCUT2D eigenvalue weighted by molar-refractivity contribution is -0.125. The third kappa shape index (κ3) is 2.39. The Morgan fingerprint density at radius 2 is 2.08 bits per heavy atom. The minimum atomic E-state index is -0.649. The van der Waals surface area contributed by atoms with Crippen LogP contribution in [0, 0.1) is 0 Å². The number of ether oxygens (including phenoxy) is 1. The largest absolute Gasteiger partial charge is 0.496 e. The summed E-state index contributed by atoms with van der Waals surface area (Å²) in [6.07, 6.45) is 0. The lowest BCUT2D eigenvalue weighted by atomic mass is 9.89. The van der Waals surface area contributed by atoms with Crippen molar-refractivity contribution < 1.29 is 14.3 Å². The highest BCUT2D eigenvalue weighted by atomic mass is 32.2. The van der Waals surface area contributed by atoms with Crippen LogP contribution >= 0.6 is 11.8 Å². The summed E-state index contributed by atoms with van der Waals surface area (Å²) in [5.74, 6) is 0.211. The first kappa shape index (κ1) is 16.7. The van der Waals surface area contributed by atoms with Gasteiger partial charge in [0, 0.05) is 5.56 Å². The molecule has 2 amide bonds. The summed E-state index contributed by atoms with van der Waals surface area (Å²) in [5.41, 5.74) is 7.30. The van der Waals surface area contributed by atoms with Gasteiger partial charge >= 0.3 is 0 Å². The molecule has 26 heavy (non-hydrogen) atoms. The molecule has 4 rings (SSSR count). The van der Waals surface area contributed by atoms with Crippen LogP contribution in [-0.4, -0.2) is 34.7 Å². The Morgan fingerprint density at radius 3 is 2.81 bits per heavy atom. The highest BCUT2D eigenvalue weighted by Crippen LogP contribution is 2.45. The zero-order chi connectivity index (χ0) is 18.4. The maximum absolute atomic E-state index is 12.6. The molecule has 0 bridgehead atoms. The van der Waals surface area contributed by atoms with Crippen LogP contribution in [0.4, 0.5) is 0 Å². The smallest absolute Gasteiger partial charge is 0.248 e. The molecule has 2 aliphatic rings. The topological polar surface area (TPSA) is 85.0 Å².